The number of nitrogens with zero attached hydrogens (tertiary/aromatic N) is 1. The van der Waals surface area contributed by atoms with Crippen LogP contribution in [0.1, 0.15) is 50.2 Å². The lowest BCUT2D eigenvalue weighted by atomic mass is 9.69. The third-order valence-electron chi connectivity index (χ3n) is 3.85. The summed E-state index contributed by atoms with van der Waals surface area (Å²) in [6.07, 6.45) is 4.52. The number of hydrogen-bond donors (Lipinski definition) is 0. The fourth-order valence-electron chi connectivity index (χ4n) is 2.78. The Hall–Kier alpha value is -1.31. The Balaban J connectivity index is 2.67. The lowest BCUT2D eigenvalue weighted by Crippen LogP contribution is -2.33. The van der Waals surface area contributed by atoms with E-state index in [1.807, 2.05) is 12.1 Å². The van der Waals surface area contributed by atoms with Gasteiger partial charge in [0.1, 0.15) is 5.75 Å². The van der Waals surface area contributed by atoms with Gasteiger partial charge in [0, 0.05) is 10.6 Å². The minimum Gasteiger partial charge on any atom is -0.496 e. The number of ether oxygens (including phenoxy) is 1. The van der Waals surface area contributed by atoms with Crippen molar-refractivity contribution < 1.29 is 9.53 Å². The van der Waals surface area contributed by atoms with Crippen molar-refractivity contribution in [1.82, 2.24) is 0 Å². The average molecular weight is 280 g/mol. The summed E-state index contributed by atoms with van der Waals surface area (Å²) in [4.78, 5) is 14.8. The first kappa shape index (κ1) is 14.1. The van der Waals surface area contributed by atoms with Crippen LogP contribution >= 0.6 is 11.6 Å². The largest absolute Gasteiger partial charge is 0.496 e. The number of aliphatic imine (C=N–C) groups is 1. The summed E-state index contributed by atoms with van der Waals surface area (Å²) in [7, 11) is 1.64. The SMILES string of the molecule is COc1cc(Cl)cc(C2(N=C=O)CCC2)c1C(C)C. The molecule has 0 unspecified atom stereocenters. The number of hydrogen-bond acceptors (Lipinski definition) is 3. The molecule has 19 heavy (non-hydrogen) atoms. The average Bonchev–Trinajstić information content (AvgIpc) is 2.32. The molecule has 1 aromatic carbocycles. The van der Waals surface area contributed by atoms with Crippen molar-refractivity contribution in [3.05, 3.63) is 28.3 Å². The van der Waals surface area contributed by atoms with Gasteiger partial charge in [0.25, 0.3) is 0 Å². The van der Waals surface area contributed by atoms with Gasteiger partial charge in [-0.05, 0) is 42.9 Å². The molecule has 1 aromatic rings. The molecule has 0 aliphatic heterocycles. The molecular formula is C15H18ClNO2. The molecule has 0 spiro atoms. The summed E-state index contributed by atoms with van der Waals surface area (Å²) in [5, 5.41) is 0.614. The molecule has 4 heteroatoms. The molecule has 0 radical (unpaired) electrons. The number of halogens is 1. The first-order chi connectivity index (χ1) is 9.04. The van der Waals surface area contributed by atoms with E-state index in [1.54, 1.807) is 13.2 Å². The van der Waals surface area contributed by atoms with Crippen molar-refractivity contribution in [1.29, 1.82) is 0 Å². The lowest BCUT2D eigenvalue weighted by Gasteiger charge is -2.39. The predicted molar refractivity (Wildman–Crippen MR) is 75.7 cm³/mol. The van der Waals surface area contributed by atoms with Crippen LogP contribution in [-0.2, 0) is 10.3 Å². The molecule has 0 bridgehead atoms. The molecule has 0 amide bonds. The van der Waals surface area contributed by atoms with E-state index in [1.165, 1.54) is 0 Å². The smallest absolute Gasteiger partial charge is 0.235 e. The molecule has 0 saturated heterocycles. The van der Waals surface area contributed by atoms with E-state index in [-0.39, 0.29) is 5.92 Å². The van der Waals surface area contributed by atoms with E-state index in [0.717, 1.165) is 36.1 Å². The predicted octanol–water partition coefficient (Wildman–Crippen LogP) is 4.19. The Bertz CT molecular complexity index is 529. The summed E-state index contributed by atoms with van der Waals surface area (Å²) < 4.78 is 5.45. The fourth-order valence-corrected chi connectivity index (χ4v) is 2.99. The normalized spacial score (nSPS) is 16.7. The van der Waals surface area contributed by atoms with Crippen molar-refractivity contribution in [3.8, 4) is 5.75 Å². The molecule has 0 N–H and O–H groups in total. The van der Waals surface area contributed by atoms with Crippen molar-refractivity contribution >= 4 is 17.7 Å². The van der Waals surface area contributed by atoms with Gasteiger partial charge < -0.3 is 4.74 Å². The molecule has 102 valence electrons. The molecule has 0 aromatic heterocycles. The van der Waals surface area contributed by atoms with Gasteiger partial charge in [0.2, 0.25) is 6.08 Å². The van der Waals surface area contributed by atoms with E-state index in [0.29, 0.717) is 5.02 Å². The second-order valence-electron chi connectivity index (χ2n) is 5.31. The Morgan fingerprint density at radius 2 is 2.11 bits per heavy atom. The van der Waals surface area contributed by atoms with Crippen LogP contribution in [0.15, 0.2) is 17.1 Å². The number of isocyanates is 1. The second kappa shape index (κ2) is 5.36. The summed E-state index contributed by atoms with van der Waals surface area (Å²) in [5.41, 5.74) is 1.66. The molecule has 2 rings (SSSR count). The zero-order valence-corrected chi connectivity index (χ0v) is 12.3. The highest BCUT2D eigenvalue weighted by molar-refractivity contribution is 6.30. The van der Waals surface area contributed by atoms with E-state index < -0.39 is 5.54 Å². The molecule has 0 atom stereocenters. The van der Waals surface area contributed by atoms with Gasteiger partial charge in [0.05, 0.1) is 12.6 Å². The van der Waals surface area contributed by atoms with Crippen LogP contribution in [0.25, 0.3) is 0 Å². The summed E-state index contributed by atoms with van der Waals surface area (Å²) in [5.74, 6) is 1.05. The molecule has 3 nitrogen and oxygen atoms in total. The van der Waals surface area contributed by atoms with Crippen molar-refractivity contribution in [2.45, 2.75) is 44.6 Å². The Morgan fingerprint density at radius 1 is 1.42 bits per heavy atom. The Kier molecular flexibility index (Phi) is 3.98. The molecule has 1 saturated carbocycles. The van der Waals surface area contributed by atoms with Gasteiger partial charge in [-0.2, -0.15) is 4.99 Å². The monoisotopic (exact) mass is 279 g/mol. The highest BCUT2D eigenvalue weighted by Crippen LogP contribution is 2.49. The van der Waals surface area contributed by atoms with Gasteiger partial charge in [-0.1, -0.05) is 25.4 Å². The van der Waals surface area contributed by atoms with Crippen molar-refractivity contribution in [2.75, 3.05) is 7.11 Å². The number of benzene rings is 1. The Morgan fingerprint density at radius 3 is 2.53 bits per heavy atom. The van der Waals surface area contributed by atoms with Crippen LogP contribution in [0.5, 0.6) is 5.75 Å². The first-order valence-electron chi connectivity index (χ1n) is 6.51. The van der Waals surface area contributed by atoms with Crippen LogP contribution in [0.3, 0.4) is 0 Å². The number of rotatable bonds is 4. The number of carbonyl (C=O) groups excluding carboxylic acids is 1. The third kappa shape index (κ3) is 2.41. The molecule has 0 heterocycles. The van der Waals surface area contributed by atoms with Gasteiger partial charge in [-0.15, -0.1) is 0 Å². The van der Waals surface area contributed by atoms with Crippen LogP contribution in [0.4, 0.5) is 0 Å². The van der Waals surface area contributed by atoms with Gasteiger partial charge in [-0.25, -0.2) is 4.79 Å². The first-order valence-corrected chi connectivity index (χ1v) is 6.89. The zero-order valence-electron chi connectivity index (χ0n) is 11.5. The number of methoxy groups -OCH3 is 1. The van der Waals surface area contributed by atoms with E-state index in [2.05, 4.69) is 18.8 Å². The van der Waals surface area contributed by atoms with Crippen molar-refractivity contribution in [3.63, 3.8) is 0 Å². The van der Waals surface area contributed by atoms with E-state index in [4.69, 9.17) is 16.3 Å². The standard InChI is InChI=1S/C15H18ClNO2/c1-10(2)14-12(7-11(16)8-13(14)19-3)15(17-9-18)5-4-6-15/h7-8,10H,4-6H2,1-3H3. The molecule has 1 fully saturated rings. The summed E-state index contributed by atoms with van der Waals surface area (Å²) >= 11 is 6.17. The molecular weight excluding hydrogens is 262 g/mol. The molecule has 1 aliphatic carbocycles. The zero-order chi connectivity index (χ0) is 14.0. The third-order valence-corrected chi connectivity index (χ3v) is 4.06. The Labute approximate surface area is 118 Å². The quantitative estimate of drug-likeness (QED) is 0.612. The van der Waals surface area contributed by atoms with E-state index >= 15 is 0 Å². The van der Waals surface area contributed by atoms with Crippen LogP contribution < -0.4 is 4.74 Å². The van der Waals surface area contributed by atoms with E-state index in [9.17, 15) is 4.79 Å². The van der Waals surface area contributed by atoms with Gasteiger partial charge in [0.15, 0.2) is 0 Å². The summed E-state index contributed by atoms with van der Waals surface area (Å²) in [6, 6.07) is 3.73. The summed E-state index contributed by atoms with van der Waals surface area (Å²) in [6.45, 7) is 4.21. The van der Waals surface area contributed by atoms with Crippen LogP contribution in [-0.4, -0.2) is 13.2 Å². The van der Waals surface area contributed by atoms with Crippen LogP contribution in [0.2, 0.25) is 5.02 Å². The minimum atomic E-state index is -0.445. The topological polar surface area (TPSA) is 38.7 Å². The lowest BCUT2D eigenvalue weighted by molar-refractivity contribution is 0.252. The van der Waals surface area contributed by atoms with Gasteiger partial charge >= 0.3 is 0 Å². The highest BCUT2D eigenvalue weighted by Gasteiger charge is 2.41. The maximum absolute atomic E-state index is 10.8. The van der Waals surface area contributed by atoms with Crippen LogP contribution in [0, 0.1) is 0 Å². The second-order valence-corrected chi connectivity index (χ2v) is 5.75. The van der Waals surface area contributed by atoms with Crippen molar-refractivity contribution in [2.24, 2.45) is 4.99 Å². The maximum atomic E-state index is 10.8. The van der Waals surface area contributed by atoms with Gasteiger partial charge in [-0.3, -0.25) is 0 Å². The maximum Gasteiger partial charge on any atom is 0.235 e. The fraction of sp³-hybridized carbons (Fsp3) is 0.533. The minimum absolute atomic E-state index is 0.279. The highest BCUT2D eigenvalue weighted by atomic mass is 35.5. The molecule has 1 aliphatic rings.